The van der Waals surface area contributed by atoms with Crippen molar-refractivity contribution in [3.63, 3.8) is 0 Å². The van der Waals surface area contributed by atoms with Crippen LogP contribution in [0.2, 0.25) is 0 Å². The molecule has 0 saturated heterocycles. The van der Waals surface area contributed by atoms with Gasteiger partial charge in [-0.1, -0.05) is 20.8 Å². The Morgan fingerprint density at radius 2 is 1.69 bits per heavy atom. The SMILES string of the molecule is CCC(CC)(CC)NC(=O)C(C)(N)C1CC1. The highest BCUT2D eigenvalue weighted by Gasteiger charge is 2.45. The zero-order chi connectivity index (χ0) is 12.4. The van der Waals surface area contributed by atoms with E-state index in [1.165, 1.54) is 0 Å². The second-order valence-electron chi connectivity index (χ2n) is 5.35. The second-order valence-corrected chi connectivity index (χ2v) is 5.35. The number of amides is 1. The molecule has 1 fully saturated rings. The van der Waals surface area contributed by atoms with Gasteiger partial charge in [-0.3, -0.25) is 4.79 Å². The molecular formula is C13H26N2O. The molecule has 16 heavy (non-hydrogen) atoms. The molecule has 3 nitrogen and oxygen atoms in total. The molecule has 1 rings (SSSR count). The predicted molar refractivity (Wildman–Crippen MR) is 67.1 cm³/mol. The molecule has 0 bridgehead atoms. The first-order valence-electron chi connectivity index (χ1n) is 6.53. The van der Waals surface area contributed by atoms with Crippen molar-refractivity contribution >= 4 is 5.91 Å². The third-order valence-corrected chi connectivity index (χ3v) is 4.32. The monoisotopic (exact) mass is 226 g/mol. The molecule has 0 aliphatic heterocycles. The Kier molecular flexibility index (Phi) is 4.00. The van der Waals surface area contributed by atoms with Crippen LogP contribution in [-0.2, 0) is 4.79 Å². The summed E-state index contributed by atoms with van der Waals surface area (Å²) in [5.41, 5.74) is 5.39. The van der Waals surface area contributed by atoms with Gasteiger partial charge in [0.25, 0.3) is 0 Å². The van der Waals surface area contributed by atoms with Gasteiger partial charge in [-0.05, 0) is 44.9 Å². The molecular weight excluding hydrogens is 200 g/mol. The van der Waals surface area contributed by atoms with E-state index < -0.39 is 5.54 Å². The summed E-state index contributed by atoms with van der Waals surface area (Å²) in [5, 5.41) is 3.18. The molecule has 0 aromatic rings. The maximum Gasteiger partial charge on any atom is 0.240 e. The van der Waals surface area contributed by atoms with E-state index in [9.17, 15) is 4.79 Å². The third-order valence-electron chi connectivity index (χ3n) is 4.32. The first kappa shape index (κ1) is 13.5. The molecule has 0 heterocycles. The maximum atomic E-state index is 12.2. The summed E-state index contributed by atoms with van der Waals surface area (Å²) in [4.78, 5) is 12.2. The van der Waals surface area contributed by atoms with E-state index in [1.807, 2.05) is 6.92 Å². The third kappa shape index (κ3) is 2.57. The van der Waals surface area contributed by atoms with Gasteiger partial charge in [0.1, 0.15) is 0 Å². The molecule has 0 spiro atoms. The Labute approximate surface area is 99.2 Å². The van der Waals surface area contributed by atoms with Crippen molar-refractivity contribution in [2.24, 2.45) is 11.7 Å². The molecule has 3 heteroatoms. The lowest BCUT2D eigenvalue weighted by molar-refractivity contribution is -0.128. The smallest absolute Gasteiger partial charge is 0.240 e. The summed E-state index contributed by atoms with van der Waals surface area (Å²) in [5.74, 6) is 0.413. The van der Waals surface area contributed by atoms with E-state index in [4.69, 9.17) is 5.73 Å². The van der Waals surface area contributed by atoms with Crippen LogP contribution >= 0.6 is 0 Å². The van der Waals surface area contributed by atoms with E-state index in [0.29, 0.717) is 5.92 Å². The van der Waals surface area contributed by atoms with Gasteiger partial charge in [-0.2, -0.15) is 0 Å². The van der Waals surface area contributed by atoms with Crippen LogP contribution in [0.3, 0.4) is 0 Å². The van der Waals surface area contributed by atoms with Gasteiger partial charge < -0.3 is 11.1 Å². The average Bonchev–Trinajstić information content (AvgIpc) is 3.09. The first-order chi connectivity index (χ1) is 7.41. The number of rotatable bonds is 6. The van der Waals surface area contributed by atoms with Crippen molar-refractivity contribution in [2.45, 2.75) is 70.9 Å². The van der Waals surface area contributed by atoms with Crippen LogP contribution in [0.25, 0.3) is 0 Å². The molecule has 0 radical (unpaired) electrons. The Balaban J connectivity index is 2.67. The van der Waals surface area contributed by atoms with Gasteiger partial charge in [-0.15, -0.1) is 0 Å². The fourth-order valence-electron chi connectivity index (χ4n) is 2.26. The summed E-state index contributed by atoms with van der Waals surface area (Å²) in [6.45, 7) is 8.24. The maximum absolute atomic E-state index is 12.2. The normalized spacial score (nSPS) is 20.3. The van der Waals surface area contributed by atoms with E-state index in [-0.39, 0.29) is 11.4 Å². The van der Waals surface area contributed by atoms with Crippen LogP contribution < -0.4 is 11.1 Å². The molecule has 1 unspecified atom stereocenters. The van der Waals surface area contributed by atoms with Gasteiger partial charge >= 0.3 is 0 Å². The zero-order valence-corrected chi connectivity index (χ0v) is 11.1. The topological polar surface area (TPSA) is 55.1 Å². The van der Waals surface area contributed by atoms with Crippen LogP contribution in [0.1, 0.15) is 59.8 Å². The lowest BCUT2D eigenvalue weighted by Gasteiger charge is -2.35. The first-order valence-corrected chi connectivity index (χ1v) is 6.53. The van der Waals surface area contributed by atoms with Crippen molar-refractivity contribution in [3.05, 3.63) is 0 Å². The number of nitrogens with one attached hydrogen (secondary N) is 1. The van der Waals surface area contributed by atoms with Crippen LogP contribution in [-0.4, -0.2) is 17.0 Å². The summed E-state index contributed by atoms with van der Waals surface area (Å²) in [6.07, 6.45) is 5.08. The van der Waals surface area contributed by atoms with Gasteiger partial charge in [-0.25, -0.2) is 0 Å². The van der Waals surface area contributed by atoms with Crippen molar-refractivity contribution < 1.29 is 4.79 Å². The quantitative estimate of drug-likeness (QED) is 0.729. The minimum atomic E-state index is -0.676. The molecule has 0 aromatic carbocycles. The minimum absolute atomic E-state index is 0.0283. The molecule has 1 aliphatic rings. The van der Waals surface area contributed by atoms with E-state index >= 15 is 0 Å². The fourth-order valence-corrected chi connectivity index (χ4v) is 2.26. The van der Waals surface area contributed by atoms with Crippen LogP contribution in [0.4, 0.5) is 0 Å². The summed E-state index contributed by atoms with van der Waals surface area (Å²) >= 11 is 0. The summed E-state index contributed by atoms with van der Waals surface area (Å²) in [6, 6.07) is 0. The summed E-state index contributed by atoms with van der Waals surface area (Å²) < 4.78 is 0. The lowest BCUT2D eigenvalue weighted by Crippen LogP contribution is -2.59. The lowest BCUT2D eigenvalue weighted by atomic mass is 9.87. The number of hydrogen-bond donors (Lipinski definition) is 2. The average molecular weight is 226 g/mol. The number of carbonyl (C=O) groups is 1. The van der Waals surface area contributed by atoms with Gasteiger partial charge in [0.2, 0.25) is 5.91 Å². The number of nitrogens with two attached hydrogens (primary N) is 1. The molecule has 3 N–H and O–H groups in total. The number of hydrogen-bond acceptors (Lipinski definition) is 2. The second kappa shape index (κ2) is 4.74. The van der Waals surface area contributed by atoms with Crippen molar-refractivity contribution in [1.29, 1.82) is 0 Å². The molecule has 0 aromatic heterocycles. The van der Waals surface area contributed by atoms with Gasteiger partial charge in [0, 0.05) is 5.54 Å². The molecule has 1 saturated carbocycles. The van der Waals surface area contributed by atoms with E-state index in [0.717, 1.165) is 32.1 Å². The zero-order valence-electron chi connectivity index (χ0n) is 11.1. The predicted octanol–water partition coefficient (Wildman–Crippen LogP) is 2.20. The van der Waals surface area contributed by atoms with Crippen LogP contribution in [0, 0.1) is 5.92 Å². The fraction of sp³-hybridized carbons (Fsp3) is 0.923. The Morgan fingerprint density at radius 3 is 2.00 bits per heavy atom. The Hall–Kier alpha value is -0.570. The molecule has 1 amide bonds. The highest BCUT2D eigenvalue weighted by atomic mass is 16.2. The van der Waals surface area contributed by atoms with E-state index in [2.05, 4.69) is 26.1 Å². The van der Waals surface area contributed by atoms with Crippen molar-refractivity contribution in [2.75, 3.05) is 0 Å². The largest absolute Gasteiger partial charge is 0.349 e. The molecule has 1 atom stereocenters. The van der Waals surface area contributed by atoms with Gasteiger partial charge in [0.15, 0.2) is 0 Å². The minimum Gasteiger partial charge on any atom is -0.349 e. The van der Waals surface area contributed by atoms with Gasteiger partial charge in [0.05, 0.1) is 5.54 Å². The Morgan fingerprint density at radius 1 is 1.25 bits per heavy atom. The van der Waals surface area contributed by atoms with E-state index in [1.54, 1.807) is 0 Å². The highest BCUT2D eigenvalue weighted by Crippen LogP contribution is 2.38. The summed E-state index contributed by atoms with van der Waals surface area (Å²) in [7, 11) is 0. The molecule has 94 valence electrons. The number of carbonyl (C=O) groups excluding carboxylic acids is 1. The Bertz CT molecular complexity index is 244. The van der Waals surface area contributed by atoms with Crippen LogP contribution in [0.15, 0.2) is 0 Å². The van der Waals surface area contributed by atoms with Crippen molar-refractivity contribution in [1.82, 2.24) is 5.32 Å². The standard InChI is InChI=1S/C13H26N2O/c1-5-13(6-2,7-3)15-11(16)12(4,14)10-8-9-10/h10H,5-9,14H2,1-4H3,(H,15,16). The van der Waals surface area contributed by atoms with Crippen molar-refractivity contribution in [3.8, 4) is 0 Å². The highest BCUT2D eigenvalue weighted by molar-refractivity contribution is 5.87. The van der Waals surface area contributed by atoms with Crippen LogP contribution in [0.5, 0.6) is 0 Å². The molecule has 1 aliphatic carbocycles.